The fourth-order valence-corrected chi connectivity index (χ4v) is 2.63. The maximum Gasteiger partial charge on any atom is 0.222 e. The van der Waals surface area contributed by atoms with Crippen LogP contribution >= 0.6 is 12.2 Å². The van der Waals surface area contributed by atoms with Crippen molar-refractivity contribution >= 4 is 23.1 Å². The first-order chi connectivity index (χ1) is 9.60. The third kappa shape index (κ3) is 3.74. The van der Waals surface area contributed by atoms with E-state index in [0.29, 0.717) is 10.7 Å². The summed E-state index contributed by atoms with van der Waals surface area (Å²) in [7, 11) is 1.70. The SMILES string of the molecule is CNC(=O)C1CCN(Cc2ccnc(C(N)=S)c2)CC1. The summed E-state index contributed by atoms with van der Waals surface area (Å²) < 4.78 is 0. The number of thiocarbonyl (C=S) groups is 1. The molecule has 1 fully saturated rings. The van der Waals surface area contributed by atoms with Crippen molar-refractivity contribution in [3.8, 4) is 0 Å². The second-order valence-corrected chi connectivity index (χ2v) is 5.52. The van der Waals surface area contributed by atoms with Crippen LogP contribution in [0, 0.1) is 5.92 Å². The summed E-state index contributed by atoms with van der Waals surface area (Å²) in [5, 5.41) is 2.73. The average molecular weight is 292 g/mol. The van der Waals surface area contributed by atoms with Crippen molar-refractivity contribution in [2.75, 3.05) is 20.1 Å². The van der Waals surface area contributed by atoms with Crippen LogP contribution in [0.15, 0.2) is 18.3 Å². The Kier molecular flexibility index (Phi) is 5.03. The number of likely N-dealkylation sites (tertiary alicyclic amines) is 1. The molecule has 1 aromatic rings. The van der Waals surface area contributed by atoms with Crippen molar-refractivity contribution in [2.45, 2.75) is 19.4 Å². The molecule has 3 N–H and O–H groups in total. The van der Waals surface area contributed by atoms with Gasteiger partial charge in [-0.3, -0.25) is 14.7 Å². The lowest BCUT2D eigenvalue weighted by atomic mass is 9.95. The zero-order valence-corrected chi connectivity index (χ0v) is 12.4. The monoisotopic (exact) mass is 292 g/mol. The molecule has 1 aliphatic rings. The lowest BCUT2D eigenvalue weighted by Gasteiger charge is -2.31. The van der Waals surface area contributed by atoms with Crippen molar-refractivity contribution in [1.29, 1.82) is 0 Å². The van der Waals surface area contributed by atoms with Crippen molar-refractivity contribution in [3.63, 3.8) is 0 Å². The number of nitrogens with zero attached hydrogens (tertiary/aromatic N) is 2. The normalized spacial score (nSPS) is 16.9. The molecule has 0 radical (unpaired) electrons. The Morgan fingerprint density at radius 2 is 2.25 bits per heavy atom. The zero-order valence-electron chi connectivity index (χ0n) is 11.6. The first-order valence-electron chi connectivity index (χ1n) is 6.79. The summed E-state index contributed by atoms with van der Waals surface area (Å²) in [6, 6.07) is 3.92. The molecule has 0 saturated carbocycles. The van der Waals surface area contributed by atoms with Crippen molar-refractivity contribution in [3.05, 3.63) is 29.6 Å². The Labute approximate surface area is 124 Å². The highest BCUT2D eigenvalue weighted by molar-refractivity contribution is 7.80. The van der Waals surface area contributed by atoms with E-state index < -0.39 is 0 Å². The van der Waals surface area contributed by atoms with E-state index in [2.05, 4.69) is 15.2 Å². The van der Waals surface area contributed by atoms with Crippen LogP contribution in [-0.2, 0) is 11.3 Å². The minimum atomic E-state index is 0.154. The van der Waals surface area contributed by atoms with E-state index in [0.717, 1.165) is 38.0 Å². The summed E-state index contributed by atoms with van der Waals surface area (Å²) in [4.78, 5) is 18.4. The molecule has 6 heteroatoms. The Hall–Kier alpha value is -1.53. The molecule has 0 atom stereocenters. The minimum Gasteiger partial charge on any atom is -0.388 e. The van der Waals surface area contributed by atoms with Crippen molar-refractivity contribution in [2.24, 2.45) is 11.7 Å². The third-order valence-corrected chi connectivity index (χ3v) is 3.90. The number of amides is 1. The quantitative estimate of drug-likeness (QED) is 0.798. The van der Waals surface area contributed by atoms with Crippen LogP contribution in [-0.4, -0.2) is 40.9 Å². The van der Waals surface area contributed by atoms with Crippen molar-refractivity contribution in [1.82, 2.24) is 15.2 Å². The number of nitrogens with one attached hydrogen (secondary N) is 1. The predicted octanol–water partition coefficient (Wildman–Crippen LogP) is 0.674. The molecule has 2 heterocycles. The summed E-state index contributed by atoms with van der Waals surface area (Å²) in [6.07, 6.45) is 3.56. The average Bonchev–Trinajstić information content (AvgIpc) is 2.47. The fraction of sp³-hybridized carbons (Fsp3) is 0.500. The van der Waals surface area contributed by atoms with Gasteiger partial charge in [0.05, 0.1) is 5.69 Å². The van der Waals surface area contributed by atoms with Gasteiger partial charge in [-0.05, 0) is 43.6 Å². The van der Waals surface area contributed by atoms with Crippen LogP contribution in [0.3, 0.4) is 0 Å². The predicted molar refractivity (Wildman–Crippen MR) is 82.2 cm³/mol. The molecular weight excluding hydrogens is 272 g/mol. The van der Waals surface area contributed by atoms with E-state index in [4.69, 9.17) is 18.0 Å². The van der Waals surface area contributed by atoms with Gasteiger partial charge in [-0.2, -0.15) is 0 Å². The summed E-state index contributed by atoms with van der Waals surface area (Å²) >= 11 is 4.94. The fourth-order valence-electron chi connectivity index (χ4n) is 2.52. The molecule has 0 aliphatic carbocycles. The Morgan fingerprint density at radius 1 is 1.55 bits per heavy atom. The number of carbonyl (C=O) groups excluding carboxylic acids is 1. The Balaban J connectivity index is 1.91. The number of hydrogen-bond acceptors (Lipinski definition) is 4. The van der Waals surface area contributed by atoms with Crippen molar-refractivity contribution < 1.29 is 4.79 Å². The van der Waals surface area contributed by atoms with Crippen LogP contribution in [0.4, 0.5) is 0 Å². The second kappa shape index (κ2) is 6.76. The molecule has 20 heavy (non-hydrogen) atoms. The number of rotatable bonds is 4. The third-order valence-electron chi connectivity index (χ3n) is 3.69. The standard InChI is InChI=1S/C14H20N4OS/c1-16-14(19)11-3-6-18(7-4-11)9-10-2-5-17-12(8-10)13(15)20/h2,5,8,11H,3-4,6-7,9H2,1H3,(H2,15,20)(H,16,19). The Bertz CT molecular complexity index is 498. The number of carbonyl (C=O) groups is 1. The maximum atomic E-state index is 11.6. The summed E-state index contributed by atoms with van der Waals surface area (Å²) in [5.41, 5.74) is 7.41. The lowest BCUT2D eigenvalue weighted by Crippen LogP contribution is -2.39. The lowest BCUT2D eigenvalue weighted by molar-refractivity contribution is -0.125. The highest BCUT2D eigenvalue weighted by Gasteiger charge is 2.24. The van der Waals surface area contributed by atoms with E-state index in [-0.39, 0.29) is 11.8 Å². The molecular formula is C14H20N4OS. The van der Waals surface area contributed by atoms with Gasteiger partial charge in [0.2, 0.25) is 5.91 Å². The van der Waals surface area contributed by atoms with Gasteiger partial charge in [-0.1, -0.05) is 12.2 Å². The van der Waals surface area contributed by atoms with Gasteiger partial charge < -0.3 is 11.1 Å². The molecule has 0 unspecified atom stereocenters. The molecule has 5 nitrogen and oxygen atoms in total. The molecule has 0 spiro atoms. The molecule has 1 aliphatic heterocycles. The first kappa shape index (κ1) is 14.9. The number of pyridine rings is 1. The van der Waals surface area contributed by atoms with E-state index in [9.17, 15) is 4.79 Å². The largest absolute Gasteiger partial charge is 0.388 e. The van der Waals surface area contributed by atoms with Crippen LogP contribution in [0.1, 0.15) is 24.1 Å². The number of aromatic nitrogens is 1. The molecule has 108 valence electrons. The van der Waals surface area contributed by atoms with Gasteiger partial charge >= 0.3 is 0 Å². The highest BCUT2D eigenvalue weighted by atomic mass is 32.1. The van der Waals surface area contributed by atoms with Gasteiger partial charge in [-0.25, -0.2) is 0 Å². The highest BCUT2D eigenvalue weighted by Crippen LogP contribution is 2.19. The van der Waals surface area contributed by atoms with Gasteiger partial charge in [0, 0.05) is 25.7 Å². The van der Waals surface area contributed by atoms with E-state index in [1.54, 1.807) is 13.2 Å². The zero-order chi connectivity index (χ0) is 14.5. The molecule has 2 rings (SSSR count). The number of nitrogens with two attached hydrogens (primary N) is 1. The van der Waals surface area contributed by atoms with Gasteiger partial charge in [-0.15, -0.1) is 0 Å². The number of piperidine rings is 1. The van der Waals surface area contributed by atoms with E-state index in [1.807, 2.05) is 12.1 Å². The summed E-state index contributed by atoms with van der Waals surface area (Å²) in [5.74, 6) is 0.310. The molecule has 0 aromatic carbocycles. The van der Waals surface area contributed by atoms with Crippen LogP contribution in [0.25, 0.3) is 0 Å². The van der Waals surface area contributed by atoms with Crippen LogP contribution < -0.4 is 11.1 Å². The molecule has 1 amide bonds. The second-order valence-electron chi connectivity index (χ2n) is 5.08. The van der Waals surface area contributed by atoms with Gasteiger partial charge in [0.1, 0.15) is 4.99 Å². The topological polar surface area (TPSA) is 71.2 Å². The smallest absolute Gasteiger partial charge is 0.222 e. The minimum absolute atomic E-state index is 0.154. The van der Waals surface area contributed by atoms with Crippen LogP contribution in [0.2, 0.25) is 0 Å². The maximum absolute atomic E-state index is 11.6. The Morgan fingerprint density at radius 3 is 2.85 bits per heavy atom. The van der Waals surface area contributed by atoms with Gasteiger partial charge in [0.15, 0.2) is 0 Å². The number of hydrogen-bond donors (Lipinski definition) is 2. The molecule has 0 bridgehead atoms. The molecule has 1 aromatic heterocycles. The van der Waals surface area contributed by atoms with Gasteiger partial charge in [0.25, 0.3) is 0 Å². The van der Waals surface area contributed by atoms with E-state index >= 15 is 0 Å². The van der Waals surface area contributed by atoms with Crippen LogP contribution in [0.5, 0.6) is 0 Å². The summed E-state index contributed by atoms with van der Waals surface area (Å²) in [6.45, 7) is 2.71. The molecule has 1 saturated heterocycles. The first-order valence-corrected chi connectivity index (χ1v) is 7.19. The van der Waals surface area contributed by atoms with E-state index in [1.165, 1.54) is 0 Å².